The van der Waals surface area contributed by atoms with Crippen LogP contribution in [0.25, 0.3) is 0 Å². The van der Waals surface area contributed by atoms with Gasteiger partial charge in [0, 0.05) is 25.7 Å². The average molecular weight is 1360 g/mol. The van der Waals surface area contributed by atoms with Crippen LogP contribution in [0.5, 0.6) is 0 Å². The van der Waals surface area contributed by atoms with Crippen LogP contribution in [-0.4, -0.2) is 96.7 Å². The molecule has 0 aromatic rings. The molecule has 0 amide bonds. The maximum Gasteiger partial charge on any atom is 0.472 e. The van der Waals surface area contributed by atoms with Crippen LogP contribution in [0.3, 0.4) is 0 Å². The Labute approximate surface area is 567 Å². The highest BCUT2D eigenvalue weighted by Gasteiger charge is 2.30. The van der Waals surface area contributed by atoms with Gasteiger partial charge >= 0.3 is 39.5 Å². The minimum atomic E-state index is -4.96. The van der Waals surface area contributed by atoms with Gasteiger partial charge in [-0.15, -0.1) is 0 Å². The number of ether oxygens (including phenoxy) is 4. The molecule has 0 aromatic heterocycles. The van der Waals surface area contributed by atoms with E-state index >= 15 is 0 Å². The van der Waals surface area contributed by atoms with Gasteiger partial charge in [0.25, 0.3) is 0 Å². The molecule has 0 spiro atoms. The van der Waals surface area contributed by atoms with Crippen LogP contribution in [0.15, 0.2) is 24.3 Å². The molecule has 548 valence electrons. The fourth-order valence-electron chi connectivity index (χ4n) is 10.8. The summed E-state index contributed by atoms with van der Waals surface area (Å²) in [6.45, 7) is 9.48. The minimum absolute atomic E-state index is 0.0849. The van der Waals surface area contributed by atoms with Crippen molar-refractivity contribution in [2.45, 2.75) is 374 Å². The first-order valence-electron chi connectivity index (χ1n) is 37.8. The van der Waals surface area contributed by atoms with Crippen LogP contribution in [0.4, 0.5) is 0 Å². The van der Waals surface area contributed by atoms with Crippen LogP contribution in [0.1, 0.15) is 356 Å². The lowest BCUT2D eigenvalue weighted by molar-refractivity contribution is -0.161. The van der Waals surface area contributed by atoms with E-state index in [-0.39, 0.29) is 25.7 Å². The zero-order valence-corrected chi connectivity index (χ0v) is 61.8. The van der Waals surface area contributed by atoms with Crippen LogP contribution in [-0.2, 0) is 65.4 Å². The van der Waals surface area contributed by atoms with Gasteiger partial charge in [-0.3, -0.25) is 37.3 Å². The van der Waals surface area contributed by atoms with Gasteiger partial charge in [-0.05, 0) is 63.2 Å². The smallest absolute Gasteiger partial charge is 0.462 e. The van der Waals surface area contributed by atoms with E-state index in [2.05, 4.69) is 65.8 Å². The Kier molecular flexibility index (Phi) is 63.7. The molecule has 0 aliphatic carbocycles. The highest BCUT2D eigenvalue weighted by Crippen LogP contribution is 2.45. The predicted molar refractivity (Wildman–Crippen MR) is 377 cm³/mol. The molecule has 0 aliphatic rings. The second kappa shape index (κ2) is 65.5. The van der Waals surface area contributed by atoms with Crippen molar-refractivity contribution in [3.05, 3.63) is 24.3 Å². The molecule has 0 radical (unpaired) electrons. The van der Waals surface area contributed by atoms with Gasteiger partial charge in [0.15, 0.2) is 12.2 Å². The molecule has 0 aromatic carbocycles. The van der Waals surface area contributed by atoms with Gasteiger partial charge < -0.3 is 33.8 Å². The average Bonchev–Trinajstić information content (AvgIpc) is 2.20. The first-order chi connectivity index (χ1) is 44.9. The van der Waals surface area contributed by atoms with E-state index in [4.69, 9.17) is 37.0 Å². The van der Waals surface area contributed by atoms with Gasteiger partial charge in [0.05, 0.1) is 26.4 Å². The van der Waals surface area contributed by atoms with Crippen LogP contribution >= 0.6 is 15.6 Å². The molecule has 0 aliphatic heterocycles. The lowest BCUT2D eigenvalue weighted by atomic mass is 10.0. The van der Waals surface area contributed by atoms with Crippen LogP contribution in [0.2, 0.25) is 0 Å². The Morgan fingerprint density at radius 3 is 0.882 bits per heavy atom. The van der Waals surface area contributed by atoms with Gasteiger partial charge in [0.2, 0.25) is 0 Å². The zero-order valence-electron chi connectivity index (χ0n) is 60.0. The Bertz CT molecular complexity index is 1900. The first kappa shape index (κ1) is 90.5. The molecule has 0 bridgehead atoms. The number of unbranched alkanes of at least 4 members (excludes halogenated alkanes) is 38. The highest BCUT2D eigenvalue weighted by atomic mass is 31.2. The number of carbonyl (C=O) groups is 4. The van der Waals surface area contributed by atoms with Gasteiger partial charge in [-0.1, -0.05) is 303 Å². The molecule has 2 unspecified atom stereocenters. The summed E-state index contributed by atoms with van der Waals surface area (Å²) in [5, 5.41) is 10.6. The first-order valence-corrected chi connectivity index (χ1v) is 40.8. The van der Waals surface area contributed by atoms with Gasteiger partial charge in [0.1, 0.15) is 19.3 Å². The number of carbonyl (C=O) groups excluding carboxylic acids is 4. The molecule has 5 atom stereocenters. The number of hydrogen-bond acceptors (Lipinski definition) is 15. The summed E-state index contributed by atoms with van der Waals surface area (Å²) in [6.07, 6.45) is 54.8. The third-order valence-corrected chi connectivity index (χ3v) is 18.5. The van der Waals surface area contributed by atoms with Crippen molar-refractivity contribution in [2.75, 3.05) is 39.6 Å². The molecular formula is C74H140O17P2. The van der Waals surface area contributed by atoms with Crippen molar-refractivity contribution in [2.24, 2.45) is 11.8 Å². The molecule has 93 heavy (non-hydrogen) atoms. The standard InChI is InChI=1S/C74H140O17P2/c1-7-9-11-13-15-17-19-21-22-24-28-33-41-47-53-59-74(79)90-69(62-84-71(76)56-50-44-38-31-29-25-26-30-36-42-48-54-66(3)4)64-88-92(80,81)86-60-68(75)61-87-93(82,83)89-65-70(63-85-72(77)57-51-45-39-35-34-37-43-49-55-67(5)6)91-73(78)58-52-46-40-32-27-23-20-18-16-14-12-10-8-2/h17,19,21-22,66-70,75H,7-16,18,20,23-65H2,1-6H3,(H,80,81)(H,82,83)/b19-17-,22-21-/t68-,69-,70-/m1/s1. The van der Waals surface area contributed by atoms with E-state index in [1.54, 1.807) is 0 Å². The lowest BCUT2D eigenvalue weighted by Gasteiger charge is -2.21. The van der Waals surface area contributed by atoms with E-state index in [9.17, 15) is 43.2 Å². The molecular weight excluding hydrogens is 1220 g/mol. The molecule has 0 rings (SSSR count). The van der Waals surface area contributed by atoms with Crippen molar-refractivity contribution < 1.29 is 80.2 Å². The third kappa shape index (κ3) is 67.9. The Morgan fingerprint density at radius 2 is 0.581 bits per heavy atom. The highest BCUT2D eigenvalue weighted by molar-refractivity contribution is 7.47. The van der Waals surface area contributed by atoms with E-state index in [0.717, 1.165) is 115 Å². The molecule has 0 heterocycles. The van der Waals surface area contributed by atoms with Gasteiger partial charge in [-0.2, -0.15) is 0 Å². The monoisotopic (exact) mass is 1360 g/mol. The van der Waals surface area contributed by atoms with Crippen LogP contribution in [0, 0.1) is 11.8 Å². The number of aliphatic hydroxyl groups is 1. The number of hydrogen-bond donors (Lipinski definition) is 3. The Hall–Kier alpha value is -2.46. The third-order valence-electron chi connectivity index (χ3n) is 16.6. The fourth-order valence-corrected chi connectivity index (χ4v) is 12.3. The number of aliphatic hydroxyl groups excluding tert-OH is 1. The van der Waals surface area contributed by atoms with E-state index in [0.29, 0.717) is 25.7 Å². The number of phosphoric ester groups is 2. The largest absolute Gasteiger partial charge is 0.472 e. The fraction of sp³-hybridized carbons (Fsp3) is 0.892. The number of phosphoric acid groups is 2. The topological polar surface area (TPSA) is 237 Å². The second-order valence-electron chi connectivity index (χ2n) is 27.0. The maximum absolute atomic E-state index is 13.1. The molecule has 3 N–H and O–H groups in total. The summed E-state index contributed by atoms with van der Waals surface area (Å²) in [5.41, 5.74) is 0. The summed E-state index contributed by atoms with van der Waals surface area (Å²) in [5.74, 6) is -0.655. The summed E-state index contributed by atoms with van der Waals surface area (Å²) < 4.78 is 68.4. The Balaban J connectivity index is 5.30. The van der Waals surface area contributed by atoms with Crippen molar-refractivity contribution in [1.29, 1.82) is 0 Å². The molecule has 0 saturated heterocycles. The van der Waals surface area contributed by atoms with Gasteiger partial charge in [-0.25, -0.2) is 9.13 Å². The minimum Gasteiger partial charge on any atom is -0.462 e. The predicted octanol–water partition coefficient (Wildman–Crippen LogP) is 21.1. The maximum atomic E-state index is 13.1. The Morgan fingerprint density at radius 1 is 0.333 bits per heavy atom. The summed E-state index contributed by atoms with van der Waals surface area (Å²) in [7, 11) is -9.92. The zero-order chi connectivity index (χ0) is 68.6. The van der Waals surface area contributed by atoms with Crippen molar-refractivity contribution >= 4 is 39.5 Å². The quantitative estimate of drug-likeness (QED) is 0.0169. The summed E-state index contributed by atoms with van der Waals surface area (Å²) >= 11 is 0. The van der Waals surface area contributed by atoms with Crippen molar-refractivity contribution in [3.63, 3.8) is 0 Å². The van der Waals surface area contributed by atoms with E-state index in [1.165, 1.54) is 161 Å². The van der Waals surface area contributed by atoms with Crippen molar-refractivity contribution in [1.82, 2.24) is 0 Å². The lowest BCUT2D eigenvalue weighted by Crippen LogP contribution is -2.30. The molecule has 17 nitrogen and oxygen atoms in total. The van der Waals surface area contributed by atoms with Crippen LogP contribution < -0.4 is 0 Å². The summed E-state index contributed by atoms with van der Waals surface area (Å²) in [4.78, 5) is 72.7. The molecule has 0 fully saturated rings. The summed E-state index contributed by atoms with van der Waals surface area (Å²) in [6, 6.07) is 0. The number of allylic oxidation sites excluding steroid dienone is 4. The molecule has 19 heteroatoms. The SMILES string of the molecule is CCCCCC/C=C\C=C/CCCCCCCC(=O)O[C@H](COC(=O)CCCCCCCCCCCCCC(C)C)COP(=O)(O)OC[C@@H](O)COP(=O)(O)OC[C@@H](COC(=O)CCCCCCCCCCC(C)C)OC(=O)CCCCCCCCCCCCCCC. The van der Waals surface area contributed by atoms with Crippen molar-refractivity contribution in [3.8, 4) is 0 Å². The van der Waals surface area contributed by atoms with E-state index < -0.39 is 97.5 Å². The molecule has 0 saturated carbocycles. The number of esters is 4. The van der Waals surface area contributed by atoms with E-state index in [1.807, 2.05) is 0 Å². The number of rotatable bonds is 71. The normalized spacial score (nSPS) is 14.2. The second-order valence-corrected chi connectivity index (χ2v) is 29.9.